The van der Waals surface area contributed by atoms with E-state index in [4.69, 9.17) is 5.73 Å². The molecule has 0 spiro atoms. The predicted molar refractivity (Wildman–Crippen MR) is 71.9 cm³/mol. The van der Waals surface area contributed by atoms with E-state index in [0.29, 0.717) is 12.0 Å². The van der Waals surface area contributed by atoms with Gasteiger partial charge in [0, 0.05) is 18.3 Å². The van der Waals surface area contributed by atoms with E-state index < -0.39 is 10.0 Å². The van der Waals surface area contributed by atoms with Crippen LogP contribution < -0.4 is 15.8 Å². The summed E-state index contributed by atoms with van der Waals surface area (Å²) < 4.78 is 25.3. The van der Waals surface area contributed by atoms with Crippen molar-refractivity contribution in [2.24, 2.45) is 11.7 Å². The molecule has 2 rings (SSSR count). The minimum absolute atomic E-state index is 0.279. The van der Waals surface area contributed by atoms with Crippen molar-refractivity contribution in [2.45, 2.75) is 23.8 Å². The summed E-state index contributed by atoms with van der Waals surface area (Å²) >= 11 is 0. The van der Waals surface area contributed by atoms with Crippen LogP contribution in [0, 0.1) is 5.92 Å². The van der Waals surface area contributed by atoms with Gasteiger partial charge >= 0.3 is 0 Å². The van der Waals surface area contributed by atoms with E-state index in [9.17, 15) is 8.42 Å². The third-order valence-electron chi connectivity index (χ3n) is 3.30. The number of nitrogens with one attached hydrogen (secondary N) is 2. The molecule has 0 radical (unpaired) electrons. The van der Waals surface area contributed by atoms with Crippen molar-refractivity contribution in [1.29, 1.82) is 0 Å². The number of hydrogen-bond acceptors (Lipinski definition) is 4. The lowest BCUT2D eigenvalue weighted by Gasteiger charge is -2.32. The van der Waals surface area contributed by atoms with Crippen molar-refractivity contribution in [1.82, 2.24) is 4.72 Å². The average Bonchev–Trinajstić information content (AvgIpc) is 2.34. The van der Waals surface area contributed by atoms with Gasteiger partial charge in [0.25, 0.3) is 0 Å². The van der Waals surface area contributed by atoms with Crippen molar-refractivity contribution in [3.05, 3.63) is 24.3 Å². The fraction of sp³-hybridized carbons (Fsp3) is 0.500. The molecule has 1 aromatic rings. The molecule has 0 aromatic heterocycles. The van der Waals surface area contributed by atoms with E-state index in [1.165, 1.54) is 7.05 Å². The summed E-state index contributed by atoms with van der Waals surface area (Å²) in [6, 6.07) is 7.12. The van der Waals surface area contributed by atoms with Crippen molar-refractivity contribution in [3.8, 4) is 0 Å². The van der Waals surface area contributed by atoms with Crippen molar-refractivity contribution in [3.63, 3.8) is 0 Å². The van der Waals surface area contributed by atoms with Crippen LogP contribution in [0.2, 0.25) is 0 Å². The first kappa shape index (κ1) is 13.3. The molecule has 0 bridgehead atoms. The molecule has 0 saturated heterocycles. The highest BCUT2D eigenvalue weighted by Crippen LogP contribution is 2.25. The molecule has 100 valence electrons. The monoisotopic (exact) mass is 269 g/mol. The van der Waals surface area contributed by atoms with Crippen molar-refractivity contribution in [2.75, 3.05) is 18.9 Å². The number of anilines is 1. The van der Waals surface area contributed by atoms with Gasteiger partial charge in [-0.3, -0.25) is 0 Å². The first-order valence-corrected chi connectivity index (χ1v) is 7.52. The summed E-state index contributed by atoms with van der Waals surface area (Å²) in [5.74, 6) is 0.640. The SMILES string of the molecule is CNS(=O)(=O)c1ccc(NCC2CC(N)C2)cc1. The highest BCUT2D eigenvalue weighted by Gasteiger charge is 2.25. The van der Waals surface area contributed by atoms with Gasteiger partial charge in [-0.15, -0.1) is 0 Å². The van der Waals surface area contributed by atoms with Gasteiger partial charge in [-0.2, -0.15) is 0 Å². The van der Waals surface area contributed by atoms with Crippen molar-refractivity contribution < 1.29 is 8.42 Å². The van der Waals surface area contributed by atoms with Gasteiger partial charge in [0.15, 0.2) is 0 Å². The largest absolute Gasteiger partial charge is 0.385 e. The molecule has 1 fully saturated rings. The highest BCUT2D eigenvalue weighted by molar-refractivity contribution is 7.89. The molecule has 0 heterocycles. The Morgan fingerprint density at radius 2 is 1.89 bits per heavy atom. The van der Waals surface area contributed by atoms with Crippen molar-refractivity contribution >= 4 is 15.7 Å². The van der Waals surface area contributed by atoms with Crippen LogP contribution in [-0.2, 0) is 10.0 Å². The summed E-state index contributed by atoms with van der Waals surface area (Å²) in [7, 11) is -1.94. The van der Waals surface area contributed by atoms with Crippen LogP contribution in [0.4, 0.5) is 5.69 Å². The quantitative estimate of drug-likeness (QED) is 0.736. The molecular weight excluding hydrogens is 250 g/mol. The molecule has 1 aromatic carbocycles. The van der Waals surface area contributed by atoms with E-state index in [0.717, 1.165) is 25.1 Å². The van der Waals surface area contributed by atoms with E-state index in [2.05, 4.69) is 10.0 Å². The minimum atomic E-state index is -3.34. The molecule has 4 N–H and O–H groups in total. The Balaban J connectivity index is 1.92. The van der Waals surface area contributed by atoms with Gasteiger partial charge in [-0.1, -0.05) is 0 Å². The molecule has 1 aliphatic carbocycles. The van der Waals surface area contributed by atoms with Gasteiger partial charge in [-0.25, -0.2) is 13.1 Å². The normalized spacial score (nSPS) is 23.4. The Morgan fingerprint density at radius 3 is 2.39 bits per heavy atom. The molecule has 1 saturated carbocycles. The molecule has 6 heteroatoms. The fourth-order valence-electron chi connectivity index (χ4n) is 2.09. The zero-order valence-electron chi connectivity index (χ0n) is 10.4. The Kier molecular flexibility index (Phi) is 3.89. The van der Waals surface area contributed by atoms with Gasteiger partial charge in [0.05, 0.1) is 4.90 Å². The first-order valence-electron chi connectivity index (χ1n) is 6.04. The number of rotatable bonds is 5. The van der Waals surface area contributed by atoms with Crippen LogP contribution in [0.15, 0.2) is 29.2 Å². The highest BCUT2D eigenvalue weighted by atomic mass is 32.2. The maximum Gasteiger partial charge on any atom is 0.240 e. The summed E-state index contributed by atoms with van der Waals surface area (Å²) in [5, 5.41) is 3.29. The van der Waals surface area contributed by atoms with Crippen LogP contribution in [0.3, 0.4) is 0 Å². The zero-order valence-corrected chi connectivity index (χ0v) is 11.2. The molecule has 0 atom stereocenters. The van der Waals surface area contributed by atoms with E-state index in [1.54, 1.807) is 24.3 Å². The van der Waals surface area contributed by atoms with Crippen LogP contribution in [-0.4, -0.2) is 28.1 Å². The third-order valence-corrected chi connectivity index (χ3v) is 4.73. The second kappa shape index (κ2) is 5.26. The fourth-order valence-corrected chi connectivity index (χ4v) is 2.82. The first-order chi connectivity index (χ1) is 8.51. The number of sulfonamides is 1. The lowest BCUT2D eigenvalue weighted by atomic mass is 9.81. The van der Waals surface area contributed by atoms with Crippen LogP contribution in [0.1, 0.15) is 12.8 Å². The lowest BCUT2D eigenvalue weighted by molar-refractivity contribution is 0.280. The Labute approximate surface area is 108 Å². The van der Waals surface area contributed by atoms with Gasteiger partial charge in [0.1, 0.15) is 0 Å². The van der Waals surface area contributed by atoms with Crippen LogP contribution in [0.25, 0.3) is 0 Å². The molecule has 5 nitrogen and oxygen atoms in total. The number of nitrogens with two attached hydrogens (primary N) is 1. The summed E-state index contributed by atoms with van der Waals surface area (Å²) in [5.41, 5.74) is 6.66. The average molecular weight is 269 g/mol. The maximum absolute atomic E-state index is 11.5. The molecule has 1 aliphatic rings. The van der Waals surface area contributed by atoms with E-state index in [1.807, 2.05) is 0 Å². The van der Waals surface area contributed by atoms with E-state index in [-0.39, 0.29) is 4.90 Å². The maximum atomic E-state index is 11.5. The van der Waals surface area contributed by atoms with Gasteiger partial charge in [0.2, 0.25) is 10.0 Å². The second-order valence-electron chi connectivity index (χ2n) is 4.71. The third kappa shape index (κ3) is 3.01. The Hall–Kier alpha value is -1.11. The number of benzene rings is 1. The summed E-state index contributed by atoms with van der Waals surface area (Å²) in [4.78, 5) is 0.279. The van der Waals surface area contributed by atoms with E-state index >= 15 is 0 Å². The standard InChI is InChI=1S/C12H19N3O2S/c1-14-18(16,17)12-4-2-11(3-5-12)15-8-9-6-10(13)7-9/h2-5,9-10,14-15H,6-8,13H2,1H3. The summed E-state index contributed by atoms with van der Waals surface area (Å²) in [6.07, 6.45) is 2.14. The zero-order chi connectivity index (χ0) is 13.2. The smallest absolute Gasteiger partial charge is 0.240 e. The Morgan fingerprint density at radius 1 is 1.28 bits per heavy atom. The second-order valence-corrected chi connectivity index (χ2v) is 6.60. The van der Waals surface area contributed by atoms with Gasteiger partial charge < -0.3 is 11.1 Å². The Bertz CT molecular complexity index is 493. The predicted octanol–water partition coefficient (Wildman–Crippen LogP) is 0.744. The minimum Gasteiger partial charge on any atom is -0.385 e. The van der Waals surface area contributed by atoms with Crippen LogP contribution in [0.5, 0.6) is 0 Å². The molecular formula is C12H19N3O2S. The molecule has 0 aliphatic heterocycles. The topological polar surface area (TPSA) is 84.2 Å². The molecule has 18 heavy (non-hydrogen) atoms. The molecule has 0 unspecified atom stereocenters. The molecule has 0 amide bonds. The lowest BCUT2D eigenvalue weighted by Crippen LogP contribution is -2.39. The summed E-state index contributed by atoms with van der Waals surface area (Å²) in [6.45, 7) is 0.895. The van der Waals surface area contributed by atoms with Gasteiger partial charge in [-0.05, 0) is 50.1 Å². The van der Waals surface area contributed by atoms with Crippen LogP contribution >= 0.6 is 0 Å². The number of hydrogen-bond donors (Lipinski definition) is 3.